The van der Waals surface area contributed by atoms with Crippen molar-refractivity contribution in [2.75, 3.05) is 31.7 Å². The summed E-state index contributed by atoms with van der Waals surface area (Å²) < 4.78 is 16.5. The summed E-state index contributed by atoms with van der Waals surface area (Å²) in [6, 6.07) is 5.21. The molecule has 1 aliphatic rings. The van der Waals surface area contributed by atoms with Crippen molar-refractivity contribution < 1.29 is 19.0 Å². The molecule has 0 spiro atoms. The predicted octanol–water partition coefficient (Wildman–Crippen LogP) is 2.47. The highest BCUT2D eigenvalue weighted by atomic mass is 35.5. The summed E-state index contributed by atoms with van der Waals surface area (Å²) in [4.78, 5) is 21.8. The van der Waals surface area contributed by atoms with Gasteiger partial charge in [0.2, 0.25) is 5.95 Å². The minimum absolute atomic E-state index is 0.0439. The van der Waals surface area contributed by atoms with E-state index in [1.807, 2.05) is 0 Å². The Bertz CT molecular complexity index is 742. The Morgan fingerprint density at radius 1 is 1.28 bits per heavy atom. The van der Waals surface area contributed by atoms with Gasteiger partial charge in [-0.15, -0.1) is 0 Å². The Hall–Kier alpha value is -2.54. The molecule has 0 fully saturated rings. The fourth-order valence-corrected chi connectivity index (χ4v) is 2.62. The molecule has 1 aliphatic heterocycles. The number of carbonyl (C=O) groups excluding carboxylic acids is 1. The van der Waals surface area contributed by atoms with Gasteiger partial charge >= 0.3 is 5.97 Å². The van der Waals surface area contributed by atoms with E-state index in [1.165, 1.54) is 0 Å². The van der Waals surface area contributed by atoms with E-state index in [2.05, 4.69) is 9.97 Å². The van der Waals surface area contributed by atoms with Crippen molar-refractivity contribution >= 4 is 23.5 Å². The molecule has 2 aromatic rings. The van der Waals surface area contributed by atoms with Crippen molar-refractivity contribution in [1.29, 1.82) is 0 Å². The van der Waals surface area contributed by atoms with Crippen LogP contribution in [0.4, 0.5) is 5.95 Å². The third kappa shape index (κ3) is 4.51. The van der Waals surface area contributed by atoms with Gasteiger partial charge in [0, 0.05) is 25.9 Å². The molecule has 8 heteroatoms. The first-order valence-corrected chi connectivity index (χ1v) is 8.23. The van der Waals surface area contributed by atoms with Crippen LogP contribution in [0.5, 0.6) is 11.5 Å². The van der Waals surface area contributed by atoms with E-state index in [4.69, 9.17) is 25.8 Å². The molecule has 0 radical (unpaired) electrons. The van der Waals surface area contributed by atoms with Crippen molar-refractivity contribution in [2.24, 2.45) is 0 Å². The van der Waals surface area contributed by atoms with Crippen molar-refractivity contribution in [3.63, 3.8) is 0 Å². The second-order valence-electron chi connectivity index (χ2n) is 5.52. The average molecular weight is 364 g/mol. The molecule has 2 heterocycles. The zero-order valence-electron chi connectivity index (χ0n) is 13.8. The van der Waals surface area contributed by atoms with E-state index < -0.39 is 5.97 Å². The molecule has 3 rings (SSSR count). The molecule has 1 aromatic carbocycles. The number of hydrogen-bond donors (Lipinski definition) is 0. The van der Waals surface area contributed by atoms with Gasteiger partial charge in [-0.3, -0.25) is 4.79 Å². The molecule has 1 aromatic heterocycles. The Morgan fingerprint density at radius 2 is 2.04 bits per heavy atom. The number of likely N-dealkylation sites (N-methyl/N-ethyl adjacent to an activating group) is 1. The van der Waals surface area contributed by atoms with Crippen molar-refractivity contribution in [1.82, 2.24) is 9.97 Å². The Balaban J connectivity index is 1.59. The monoisotopic (exact) mass is 363 g/mol. The van der Waals surface area contributed by atoms with E-state index in [0.717, 1.165) is 12.0 Å². The summed E-state index contributed by atoms with van der Waals surface area (Å²) in [5.41, 5.74) is 0.737. The summed E-state index contributed by atoms with van der Waals surface area (Å²) in [6.07, 6.45) is 4.02. The maximum Gasteiger partial charge on any atom is 0.325 e. The predicted molar refractivity (Wildman–Crippen MR) is 92.2 cm³/mol. The molecule has 0 saturated heterocycles. The number of aromatic nitrogens is 2. The lowest BCUT2D eigenvalue weighted by Crippen LogP contribution is -2.28. The molecule has 0 bridgehead atoms. The van der Waals surface area contributed by atoms with Gasteiger partial charge in [0.15, 0.2) is 11.5 Å². The van der Waals surface area contributed by atoms with Gasteiger partial charge in [-0.25, -0.2) is 9.97 Å². The highest BCUT2D eigenvalue weighted by molar-refractivity contribution is 6.32. The lowest BCUT2D eigenvalue weighted by Gasteiger charge is -2.16. The van der Waals surface area contributed by atoms with E-state index in [0.29, 0.717) is 35.7 Å². The number of hydrogen-bond acceptors (Lipinski definition) is 7. The fourth-order valence-electron chi connectivity index (χ4n) is 2.33. The van der Waals surface area contributed by atoms with Crippen LogP contribution in [0.25, 0.3) is 0 Å². The molecular weight excluding hydrogens is 346 g/mol. The summed E-state index contributed by atoms with van der Waals surface area (Å²) in [7, 11) is 1.72. The minimum atomic E-state index is -0.391. The number of esters is 1. The van der Waals surface area contributed by atoms with E-state index >= 15 is 0 Å². The van der Waals surface area contributed by atoms with Crippen LogP contribution in [0.3, 0.4) is 0 Å². The van der Waals surface area contributed by atoms with Gasteiger partial charge in [0.05, 0.1) is 18.2 Å². The van der Waals surface area contributed by atoms with Crippen LogP contribution in [-0.2, 0) is 16.1 Å². The Morgan fingerprint density at radius 3 is 2.84 bits per heavy atom. The van der Waals surface area contributed by atoms with Crippen LogP contribution >= 0.6 is 11.6 Å². The molecule has 0 unspecified atom stereocenters. The molecule has 0 saturated carbocycles. The second kappa shape index (κ2) is 8.02. The number of benzene rings is 1. The van der Waals surface area contributed by atoms with Gasteiger partial charge in [0.1, 0.15) is 13.2 Å². The summed E-state index contributed by atoms with van der Waals surface area (Å²) in [6.45, 7) is 1.27. The Labute approximate surface area is 150 Å². The van der Waals surface area contributed by atoms with E-state index in [9.17, 15) is 4.79 Å². The first-order valence-electron chi connectivity index (χ1n) is 7.85. The van der Waals surface area contributed by atoms with Crippen LogP contribution in [0.1, 0.15) is 12.0 Å². The molecule has 0 amide bonds. The highest BCUT2D eigenvalue weighted by Crippen LogP contribution is 2.38. The molecule has 25 heavy (non-hydrogen) atoms. The summed E-state index contributed by atoms with van der Waals surface area (Å²) in [5, 5.41) is 0.445. The van der Waals surface area contributed by atoms with Crippen LogP contribution in [-0.4, -0.2) is 42.7 Å². The topological polar surface area (TPSA) is 73.8 Å². The lowest BCUT2D eigenvalue weighted by molar-refractivity contribution is -0.143. The first kappa shape index (κ1) is 17.3. The van der Waals surface area contributed by atoms with Crippen LogP contribution in [0.2, 0.25) is 5.02 Å². The van der Waals surface area contributed by atoms with Gasteiger partial charge in [-0.2, -0.15) is 0 Å². The smallest absolute Gasteiger partial charge is 0.325 e. The quantitative estimate of drug-likeness (QED) is 0.755. The number of rotatable bonds is 5. The third-order valence-corrected chi connectivity index (χ3v) is 3.80. The SMILES string of the molecule is CN(CC(=O)OCc1cc(Cl)c2c(c1)OCCCO2)c1ncccn1. The van der Waals surface area contributed by atoms with Crippen LogP contribution < -0.4 is 14.4 Å². The van der Waals surface area contributed by atoms with Crippen molar-refractivity contribution in [3.8, 4) is 11.5 Å². The lowest BCUT2D eigenvalue weighted by atomic mass is 10.2. The summed E-state index contributed by atoms with van der Waals surface area (Å²) in [5.74, 6) is 1.18. The zero-order chi connectivity index (χ0) is 17.6. The molecule has 7 nitrogen and oxygen atoms in total. The number of ether oxygens (including phenoxy) is 3. The van der Waals surface area contributed by atoms with Gasteiger partial charge in [-0.05, 0) is 23.8 Å². The van der Waals surface area contributed by atoms with Crippen LogP contribution in [0.15, 0.2) is 30.6 Å². The van der Waals surface area contributed by atoms with Gasteiger partial charge in [0.25, 0.3) is 0 Å². The molecule has 132 valence electrons. The number of anilines is 1. The largest absolute Gasteiger partial charge is 0.489 e. The third-order valence-electron chi connectivity index (χ3n) is 3.52. The van der Waals surface area contributed by atoms with Crippen molar-refractivity contribution in [2.45, 2.75) is 13.0 Å². The molecule has 0 atom stereocenters. The van der Waals surface area contributed by atoms with E-state index in [-0.39, 0.29) is 13.2 Å². The molecule has 0 N–H and O–H groups in total. The minimum Gasteiger partial charge on any atom is -0.489 e. The number of nitrogens with zero attached hydrogens (tertiary/aromatic N) is 3. The maximum atomic E-state index is 12.0. The first-order chi connectivity index (χ1) is 12.1. The molecular formula is C17H18ClN3O4. The van der Waals surface area contributed by atoms with E-state index in [1.54, 1.807) is 42.5 Å². The summed E-state index contributed by atoms with van der Waals surface area (Å²) >= 11 is 6.23. The fraction of sp³-hybridized carbons (Fsp3) is 0.353. The second-order valence-corrected chi connectivity index (χ2v) is 5.93. The number of carbonyl (C=O) groups is 1. The average Bonchev–Trinajstić information content (AvgIpc) is 2.86. The maximum absolute atomic E-state index is 12.0. The van der Waals surface area contributed by atoms with Crippen LogP contribution in [0, 0.1) is 0 Å². The highest BCUT2D eigenvalue weighted by Gasteiger charge is 2.17. The normalized spacial score (nSPS) is 13.0. The number of fused-ring (bicyclic) bond motifs is 1. The zero-order valence-corrected chi connectivity index (χ0v) is 14.5. The standard InChI is InChI=1S/C17H18ClN3O4/c1-21(17-19-4-2-5-20-17)10-15(22)25-11-12-8-13(18)16-14(9-12)23-6-3-7-24-16/h2,4-5,8-9H,3,6-7,10-11H2,1H3. The van der Waals surface area contributed by atoms with Gasteiger partial charge in [-0.1, -0.05) is 11.6 Å². The van der Waals surface area contributed by atoms with Gasteiger partial charge < -0.3 is 19.1 Å². The molecule has 0 aliphatic carbocycles. The Kier molecular flexibility index (Phi) is 5.55. The van der Waals surface area contributed by atoms with Crippen molar-refractivity contribution in [3.05, 3.63) is 41.2 Å². The number of halogens is 1.